The molecule has 4 aromatic rings. The first-order chi connectivity index (χ1) is 16.0. The largest absolute Gasteiger partial charge is 0.324 e. The Labute approximate surface area is 195 Å². The van der Waals surface area contributed by atoms with Gasteiger partial charge in [0.25, 0.3) is 0 Å². The van der Waals surface area contributed by atoms with Crippen molar-refractivity contribution in [1.82, 2.24) is 15.1 Å². The smallest absolute Gasteiger partial charge is 0.246 e. The molecule has 0 aliphatic rings. The van der Waals surface area contributed by atoms with Crippen LogP contribution in [0.4, 0.5) is 5.69 Å². The number of aromatic nitrogens is 2. The van der Waals surface area contributed by atoms with Gasteiger partial charge in [0.05, 0.1) is 12.2 Å². The van der Waals surface area contributed by atoms with Crippen molar-refractivity contribution in [3.05, 3.63) is 119 Å². The van der Waals surface area contributed by atoms with Crippen molar-refractivity contribution in [3.63, 3.8) is 0 Å². The van der Waals surface area contributed by atoms with E-state index in [0.29, 0.717) is 6.54 Å². The molecule has 2 N–H and O–H groups in total. The van der Waals surface area contributed by atoms with E-state index in [2.05, 4.69) is 29.7 Å². The minimum absolute atomic E-state index is 0.0861. The Morgan fingerprint density at radius 2 is 1.52 bits per heavy atom. The van der Waals surface area contributed by atoms with Crippen LogP contribution in [0.1, 0.15) is 39.7 Å². The Balaban J connectivity index is 1.52. The highest BCUT2D eigenvalue weighted by Crippen LogP contribution is 2.20. The summed E-state index contributed by atoms with van der Waals surface area (Å²) in [4.78, 5) is 13.2. The molecule has 4 rings (SSSR count). The van der Waals surface area contributed by atoms with E-state index in [4.69, 9.17) is 5.10 Å². The van der Waals surface area contributed by atoms with E-state index in [-0.39, 0.29) is 5.91 Å². The lowest BCUT2D eigenvalue weighted by Gasteiger charge is -2.19. The highest BCUT2D eigenvalue weighted by Gasteiger charge is 2.22. The predicted octanol–water partition coefficient (Wildman–Crippen LogP) is 5.33. The molecular formula is C28H30N4O. The minimum Gasteiger partial charge on any atom is -0.324 e. The van der Waals surface area contributed by atoms with Crippen LogP contribution in [0.5, 0.6) is 0 Å². The Morgan fingerprint density at radius 1 is 0.879 bits per heavy atom. The first-order valence-corrected chi connectivity index (χ1v) is 11.2. The molecule has 0 radical (unpaired) electrons. The van der Waals surface area contributed by atoms with Gasteiger partial charge in [0.2, 0.25) is 5.91 Å². The summed E-state index contributed by atoms with van der Waals surface area (Å²) in [6, 6.07) is 27.5. The normalized spacial score (nSPS) is 11.8. The molecule has 5 nitrogen and oxygen atoms in total. The van der Waals surface area contributed by atoms with Crippen molar-refractivity contribution < 1.29 is 4.79 Å². The van der Waals surface area contributed by atoms with Crippen LogP contribution in [0.2, 0.25) is 0 Å². The molecule has 0 aliphatic heterocycles. The van der Waals surface area contributed by atoms with Gasteiger partial charge < -0.3 is 5.32 Å². The number of carbonyl (C=O) groups excluding carboxylic acids is 1. The molecule has 168 valence electrons. The average molecular weight is 439 g/mol. The van der Waals surface area contributed by atoms with Crippen LogP contribution in [0.15, 0.2) is 84.9 Å². The van der Waals surface area contributed by atoms with Crippen molar-refractivity contribution in [2.75, 3.05) is 5.32 Å². The summed E-state index contributed by atoms with van der Waals surface area (Å²) in [5.74, 6) is -0.0861. The summed E-state index contributed by atoms with van der Waals surface area (Å²) in [7, 11) is 0. The molecule has 1 heterocycles. The van der Waals surface area contributed by atoms with Gasteiger partial charge in [-0.05, 0) is 44.0 Å². The molecule has 0 bridgehead atoms. The van der Waals surface area contributed by atoms with Crippen molar-refractivity contribution >= 4 is 11.6 Å². The summed E-state index contributed by atoms with van der Waals surface area (Å²) < 4.78 is 2.03. The number of carbonyl (C=O) groups is 1. The van der Waals surface area contributed by atoms with Gasteiger partial charge in [0.15, 0.2) is 0 Å². The van der Waals surface area contributed by atoms with Crippen LogP contribution >= 0.6 is 0 Å². The summed E-state index contributed by atoms with van der Waals surface area (Å²) in [6.45, 7) is 7.42. The van der Waals surface area contributed by atoms with Crippen LogP contribution in [0, 0.1) is 20.8 Å². The van der Waals surface area contributed by atoms with Gasteiger partial charge >= 0.3 is 0 Å². The van der Waals surface area contributed by atoms with Gasteiger partial charge in [-0.1, -0.05) is 78.4 Å². The Kier molecular flexibility index (Phi) is 7.01. The van der Waals surface area contributed by atoms with E-state index in [1.807, 2.05) is 91.3 Å². The molecule has 3 aromatic carbocycles. The van der Waals surface area contributed by atoms with Gasteiger partial charge in [0.1, 0.15) is 6.04 Å². The van der Waals surface area contributed by atoms with Crippen LogP contribution in [-0.4, -0.2) is 15.7 Å². The average Bonchev–Trinajstić information content (AvgIpc) is 3.09. The van der Waals surface area contributed by atoms with E-state index < -0.39 is 6.04 Å². The predicted molar refractivity (Wildman–Crippen MR) is 133 cm³/mol. The monoisotopic (exact) mass is 438 g/mol. The topological polar surface area (TPSA) is 59.0 Å². The van der Waals surface area contributed by atoms with E-state index >= 15 is 0 Å². The minimum atomic E-state index is -0.483. The SMILES string of the molecule is Cc1ccc(NC(=O)[C@@H](NCc2c(C)nn(Cc3ccccc3)c2C)c2ccccc2)cc1. The lowest BCUT2D eigenvalue weighted by atomic mass is 10.0. The maximum Gasteiger partial charge on any atom is 0.246 e. The lowest BCUT2D eigenvalue weighted by Crippen LogP contribution is -2.33. The summed E-state index contributed by atoms with van der Waals surface area (Å²) in [6.07, 6.45) is 0. The van der Waals surface area contributed by atoms with Gasteiger partial charge in [-0.3, -0.25) is 14.8 Å². The van der Waals surface area contributed by atoms with Crippen molar-refractivity contribution in [3.8, 4) is 0 Å². The molecule has 0 aliphatic carbocycles. The Morgan fingerprint density at radius 3 is 2.18 bits per heavy atom. The fourth-order valence-electron chi connectivity index (χ4n) is 3.96. The number of hydrogen-bond acceptors (Lipinski definition) is 3. The molecule has 1 atom stereocenters. The quantitative estimate of drug-likeness (QED) is 0.391. The second-order valence-electron chi connectivity index (χ2n) is 8.37. The van der Waals surface area contributed by atoms with Crippen molar-refractivity contribution in [2.45, 2.75) is 39.9 Å². The van der Waals surface area contributed by atoms with Crippen molar-refractivity contribution in [1.29, 1.82) is 0 Å². The summed E-state index contributed by atoms with van der Waals surface area (Å²) in [5.41, 5.74) is 7.28. The molecule has 0 saturated heterocycles. The number of nitrogens with one attached hydrogen (secondary N) is 2. The van der Waals surface area contributed by atoms with Crippen LogP contribution in [0.25, 0.3) is 0 Å². The first kappa shape index (κ1) is 22.5. The number of aryl methyl sites for hydroxylation is 2. The number of hydrogen-bond donors (Lipinski definition) is 2. The zero-order valence-electron chi connectivity index (χ0n) is 19.4. The van der Waals surface area contributed by atoms with Gasteiger partial charge in [-0.25, -0.2) is 0 Å². The lowest BCUT2D eigenvalue weighted by molar-refractivity contribution is -0.118. The summed E-state index contributed by atoms with van der Waals surface area (Å²) >= 11 is 0. The van der Waals surface area contributed by atoms with Crippen LogP contribution in [-0.2, 0) is 17.9 Å². The zero-order chi connectivity index (χ0) is 23.2. The second-order valence-corrected chi connectivity index (χ2v) is 8.37. The molecule has 1 aromatic heterocycles. The molecule has 0 fully saturated rings. The number of rotatable bonds is 8. The third-order valence-corrected chi connectivity index (χ3v) is 5.90. The highest BCUT2D eigenvalue weighted by molar-refractivity contribution is 5.95. The van der Waals surface area contributed by atoms with Crippen LogP contribution < -0.4 is 10.6 Å². The first-order valence-electron chi connectivity index (χ1n) is 11.2. The molecule has 0 saturated carbocycles. The van der Waals surface area contributed by atoms with E-state index in [0.717, 1.165) is 40.3 Å². The second kappa shape index (κ2) is 10.3. The van der Waals surface area contributed by atoms with E-state index in [9.17, 15) is 4.79 Å². The van der Waals surface area contributed by atoms with Crippen LogP contribution in [0.3, 0.4) is 0 Å². The fraction of sp³-hybridized carbons (Fsp3) is 0.214. The van der Waals surface area contributed by atoms with Gasteiger partial charge in [-0.15, -0.1) is 0 Å². The molecule has 5 heteroatoms. The summed E-state index contributed by atoms with van der Waals surface area (Å²) in [5, 5.41) is 11.3. The molecular weight excluding hydrogens is 408 g/mol. The molecule has 33 heavy (non-hydrogen) atoms. The van der Waals surface area contributed by atoms with Crippen molar-refractivity contribution in [2.24, 2.45) is 0 Å². The maximum absolute atomic E-state index is 13.2. The molecule has 0 spiro atoms. The van der Waals surface area contributed by atoms with E-state index in [1.54, 1.807) is 0 Å². The maximum atomic E-state index is 13.2. The zero-order valence-corrected chi connectivity index (χ0v) is 19.4. The molecule has 1 amide bonds. The third kappa shape index (κ3) is 5.57. The molecule has 0 unspecified atom stereocenters. The number of nitrogens with zero attached hydrogens (tertiary/aromatic N) is 2. The Bertz CT molecular complexity index is 1200. The highest BCUT2D eigenvalue weighted by atomic mass is 16.2. The Hall–Kier alpha value is -3.70. The van der Waals surface area contributed by atoms with Gasteiger partial charge in [0, 0.05) is 23.5 Å². The van der Waals surface area contributed by atoms with Gasteiger partial charge in [-0.2, -0.15) is 5.10 Å². The number of amides is 1. The standard InChI is InChI=1S/C28H30N4O/c1-20-14-16-25(17-15-20)30-28(33)27(24-12-8-5-9-13-24)29-18-26-21(2)31-32(22(26)3)19-23-10-6-4-7-11-23/h4-17,27,29H,18-19H2,1-3H3,(H,30,33)/t27-/m0/s1. The van der Waals surface area contributed by atoms with E-state index in [1.165, 1.54) is 5.56 Å². The number of benzene rings is 3. The third-order valence-electron chi connectivity index (χ3n) is 5.90. The fourth-order valence-corrected chi connectivity index (χ4v) is 3.96. The number of anilines is 1.